The number of aliphatic hydroxyl groups excluding tert-OH is 1. The van der Waals surface area contributed by atoms with E-state index in [0.29, 0.717) is 13.0 Å². The second-order valence-electron chi connectivity index (χ2n) is 7.28. The molecule has 156 valence electrons. The lowest BCUT2D eigenvalue weighted by Crippen LogP contribution is -2.43. The molecule has 0 aromatic heterocycles. The van der Waals surface area contributed by atoms with Gasteiger partial charge < -0.3 is 10.0 Å². The van der Waals surface area contributed by atoms with Crippen molar-refractivity contribution in [3.8, 4) is 0 Å². The molecule has 2 atom stereocenters. The van der Waals surface area contributed by atoms with Crippen molar-refractivity contribution < 1.29 is 27.1 Å². The molecule has 0 saturated heterocycles. The standard InChI is InChI=1S/C23H18F5NO/c24-18-17(19(25)21(27)22(28)20(18)26)23(30)16-11-10-14-8-4-5-9-15(14)29(16)12-13-6-2-1-3-7-13/h1-9,16,23,30H,10-12H2. The lowest BCUT2D eigenvalue weighted by atomic mass is 9.88. The first-order valence-electron chi connectivity index (χ1n) is 9.48. The Morgan fingerprint density at radius 1 is 0.800 bits per heavy atom. The van der Waals surface area contributed by atoms with Gasteiger partial charge in [0.05, 0.1) is 11.6 Å². The summed E-state index contributed by atoms with van der Waals surface area (Å²) in [6.45, 7) is 0.301. The molecule has 0 amide bonds. The normalized spacial score (nSPS) is 17.0. The van der Waals surface area contributed by atoms with E-state index in [4.69, 9.17) is 0 Å². The van der Waals surface area contributed by atoms with Crippen LogP contribution < -0.4 is 4.90 Å². The van der Waals surface area contributed by atoms with Crippen LogP contribution in [-0.4, -0.2) is 11.1 Å². The van der Waals surface area contributed by atoms with Crippen molar-refractivity contribution in [1.29, 1.82) is 0 Å². The zero-order valence-corrected chi connectivity index (χ0v) is 15.8. The van der Waals surface area contributed by atoms with Crippen LogP contribution in [-0.2, 0) is 13.0 Å². The second-order valence-corrected chi connectivity index (χ2v) is 7.28. The SMILES string of the molecule is OC(c1c(F)c(F)c(F)c(F)c1F)C1CCc2ccccc2N1Cc1ccccc1. The lowest BCUT2D eigenvalue weighted by molar-refractivity contribution is 0.123. The van der Waals surface area contributed by atoms with Gasteiger partial charge in [-0.05, 0) is 30.0 Å². The summed E-state index contributed by atoms with van der Waals surface area (Å²) in [7, 11) is 0. The highest BCUT2D eigenvalue weighted by molar-refractivity contribution is 5.57. The average molecular weight is 419 g/mol. The van der Waals surface area contributed by atoms with Gasteiger partial charge in [0.1, 0.15) is 6.10 Å². The van der Waals surface area contributed by atoms with Crippen LogP contribution in [0.2, 0.25) is 0 Å². The highest BCUT2D eigenvalue weighted by Crippen LogP contribution is 2.39. The van der Waals surface area contributed by atoms with E-state index in [0.717, 1.165) is 16.8 Å². The van der Waals surface area contributed by atoms with Crippen LogP contribution in [0.25, 0.3) is 0 Å². The maximum Gasteiger partial charge on any atom is 0.200 e. The Hall–Kier alpha value is -2.93. The van der Waals surface area contributed by atoms with E-state index in [1.807, 2.05) is 48.5 Å². The molecule has 1 aliphatic heterocycles. The number of fused-ring (bicyclic) bond motifs is 1. The maximum atomic E-state index is 14.4. The summed E-state index contributed by atoms with van der Waals surface area (Å²) in [6.07, 6.45) is -1.13. The van der Waals surface area contributed by atoms with Gasteiger partial charge in [-0.3, -0.25) is 0 Å². The quantitative estimate of drug-likeness (QED) is 0.346. The maximum absolute atomic E-state index is 14.4. The molecule has 4 rings (SSSR count). The molecule has 3 aromatic rings. The van der Waals surface area contributed by atoms with Crippen LogP contribution in [0.5, 0.6) is 0 Å². The molecule has 0 radical (unpaired) electrons. The Balaban J connectivity index is 1.79. The first-order valence-corrected chi connectivity index (χ1v) is 9.48. The predicted octanol–water partition coefficient (Wildman–Crippen LogP) is 5.44. The molecule has 1 heterocycles. The minimum atomic E-state index is -2.24. The number of benzene rings is 3. The first-order chi connectivity index (χ1) is 14.4. The van der Waals surface area contributed by atoms with Crippen molar-refractivity contribution in [3.63, 3.8) is 0 Å². The van der Waals surface area contributed by atoms with Crippen molar-refractivity contribution in [2.45, 2.75) is 31.5 Å². The van der Waals surface area contributed by atoms with Gasteiger partial charge in [0, 0.05) is 12.2 Å². The molecule has 30 heavy (non-hydrogen) atoms. The zero-order chi connectivity index (χ0) is 21.4. The number of nitrogens with zero attached hydrogens (tertiary/aromatic N) is 1. The molecule has 0 bridgehead atoms. The van der Waals surface area contributed by atoms with Gasteiger partial charge in [0.2, 0.25) is 5.82 Å². The highest BCUT2D eigenvalue weighted by atomic mass is 19.2. The van der Waals surface area contributed by atoms with E-state index in [9.17, 15) is 27.1 Å². The zero-order valence-electron chi connectivity index (χ0n) is 15.8. The van der Waals surface area contributed by atoms with Gasteiger partial charge in [0.25, 0.3) is 0 Å². The third-order valence-corrected chi connectivity index (χ3v) is 5.51. The first kappa shape index (κ1) is 20.3. The number of anilines is 1. The second kappa shape index (κ2) is 8.07. The van der Waals surface area contributed by atoms with E-state index >= 15 is 0 Å². The van der Waals surface area contributed by atoms with E-state index in [1.54, 1.807) is 11.0 Å². The van der Waals surface area contributed by atoms with Crippen LogP contribution in [0.4, 0.5) is 27.6 Å². The van der Waals surface area contributed by atoms with Crippen molar-refractivity contribution in [2.75, 3.05) is 4.90 Å². The molecule has 1 N–H and O–H groups in total. The number of rotatable bonds is 4. The van der Waals surface area contributed by atoms with Crippen LogP contribution in [0.15, 0.2) is 54.6 Å². The van der Waals surface area contributed by atoms with Gasteiger partial charge in [-0.1, -0.05) is 48.5 Å². The van der Waals surface area contributed by atoms with Crippen LogP contribution in [0, 0.1) is 29.1 Å². The van der Waals surface area contributed by atoms with E-state index in [2.05, 4.69) is 0 Å². The Labute approximate surface area is 170 Å². The molecule has 2 nitrogen and oxygen atoms in total. The smallest absolute Gasteiger partial charge is 0.200 e. The molecule has 2 unspecified atom stereocenters. The molecular weight excluding hydrogens is 401 g/mol. The minimum Gasteiger partial charge on any atom is -0.386 e. The number of halogens is 5. The molecule has 0 spiro atoms. The van der Waals surface area contributed by atoms with Crippen molar-refractivity contribution in [1.82, 2.24) is 0 Å². The van der Waals surface area contributed by atoms with Crippen LogP contribution in [0.3, 0.4) is 0 Å². The van der Waals surface area contributed by atoms with Gasteiger partial charge in [-0.2, -0.15) is 0 Å². The van der Waals surface area contributed by atoms with Gasteiger partial charge in [-0.25, -0.2) is 22.0 Å². The fourth-order valence-electron chi connectivity index (χ4n) is 4.03. The third kappa shape index (κ3) is 3.43. The number of hydrogen-bond acceptors (Lipinski definition) is 2. The topological polar surface area (TPSA) is 23.5 Å². The average Bonchev–Trinajstić information content (AvgIpc) is 2.77. The predicted molar refractivity (Wildman–Crippen MR) is 102 cm³/mol. The Kier molecular flexibility index (Phi) is 5.47. The van der Waals surface area contributed by atoms with Gasteiger partial charge >= 0.3 is 0 Å². The lowest BCUT2D eigenvalue weighted by Gasteiger charge is -2.41. The molecule has 1 aliphatic rings. The molecule has 0 fully saturated rings. The number of aryl methyl sites for hydroxylation is 1. The Bertz CT molecular complexity index is 1040. The van der Waals surface area contributed by atoms with E-state index in [-0.39, 0.29) is 6.42 Å². The molecule has 0 aliphatic carbocycles. The fraction of sp³-hybridized carbons (Fsp3) is 0.217. The minimum absolute atomic E-state index is 0.282. The van der Waals surface area contributed by atoms with Crippen molar-refractivity contribution in [3.05, 3.63) is 100 Å². The molecule has 0 saturated carbocycles. The Morgan fingerprint density at radius 2 is 1.37 bits per heavy atom. The van der Waals surface area contributed by atoms with E-state index in [1.165, 1.54) is 0 Å². The van der Waals surface area contributed by atoms with Crippen LogP contribution in [0.1, 0.15) is 29.2 Å². The Morgan fingerprint density at radius 3 is 2.03 bits per heavy atom. The monoisotopic (exact) mass is 419 g/mol. The number of hydrogen-bond donors (Lipinski definition) is 1. The summed E-state index contributed by atoms with van der Waals surface area (Å²) in [4.78, 5) is 1.76. The van der Waals surface area contributed by atoms with Crippen LogP contribution >= 0.6 is 0 Å². The summed E-state index contributed by atoms with van der Waals surface area (Å²) in [5.41, 5.74) is 1.41. The number of aliphatic hydroxyl groups is 1. The van der Waals surface area contributed by atoms with E-state index < -0.39 is 46.8 Å². The molecule has 7 heteroatoms. The molecule has 3 aromatic carbocycles. The van der Waals surface area contributed by atoms with Crippen molar-refractivity contribution >= 4 is 5.69 Å². The summed E-state index contributed by atoms with van der Waals surface area (Å²) >= 11 is 0. The summed E-state index contributed by atoms with van der Waals surface area (Å²) in [5.74, 6) is -10.4. The highest BCUT2D eigenvalue weighted by Gasteiger charge is 2.38. The summed E-state index contributed by atoms with van der Waals surface area (Å²) in [6, 6.07) is 15.7. The number of para-hydroxylation sites is 1. The summed E-state index contributed by atoms with van der Waals surface area (Å²) < 4.78 is 69.6. The van der Waals surface area contributed by atoms with Gasteiger partial charge in [-0.15, -0.1) is 0 Å². The van der Waals surface area contributed by atoms with Gasteiger partial charge in [0.15, 0.2) is 23.3 Å². The third-order valence-electron chi connectivity index (χ3n) is 5.51. The fourth-order valence-corrected chi connectivity index (χ4v) is 4.03. The molecular formula is C23H18F5NO. The summed E-state index contributed by atoms with van der Waals surface area (Å²) in [5, 5.41) is 10.8. The largest absolute Gasteiger partial charge is 0.386 e. The van der Waals surface area contributed by atoms with Crippen molar-refractivity contribution in [2.24, 2.45) is 0 Å².